The van der Waals surface area contributed by atoms with Crippen molar-refractivity contribution in [3.05, 3.63) is 29.0 Å². The van der Waals surface area contributed by atoms with E-state index in [4.69, 9.17) is 11.6 Å². The Balaban J connectivity index is 2.29. The van der Waals surface area contributed by atoms with E-state index < -0.39 is 20.7 Å². The quantitative estimate of drug-likeness (QED) is 0.760. The summed E-state index contributed by atoms with van der Waals surface area (Å²) in [4.78, 5) is 15.5. The van der Waals surface area contributed by atoms with Gasteiger partial charge >= 0.3 is 0 Å². The average Bonchev–Trinajstić information content (AvgIpc) is 2.26. The van der Waals surface area contributed by atoms with Crippen LogP contribution in [0.3, 0.4) is 0 Å². The minimum Gasteiger partial charge on any atom is -0.272 e. The monoisotopic (exact) mass is 274 g/mol. The van der Waals surface area contributed by atoms with Crippen molar-refractivity contribution in [3.8, 4) is 0 Å². The van der Waals surface area contributed by atoms with Crippen molar-refractivity contribution in [1.82, 2.24) is 9.29 Å². The second-order valence-electron chi connectivity index (χ2n) is 4.28. The predicted octanol–water partition coefficient (Wildman–Crippen LogP) is 1.19. The van der Waals surface area contributed by atoms with E-state index in [2.05, 4.69) is 4.98 Å². The number of carbonyl (C=O) groups excluding carboxylic acids is 1. The number of hydrogen-bond donors (Lipinski definition) is 0. The largest absolute Gasteiger partial charge is 0.272 e. The molecule has 1 fully saturated rings. The lowest BCUT2D eigenvalue weighted by Crippen LogP contribution is -2.66. The second-order valence-corrected chi connectivity index (χ2v) is 7.05. The summed E-state index contributed by atoms with van der Waals surface area (Å²) in [5.41, 5.74) is 0.515. The van der Waals surface area contributed by atoms with Gasteiger partial charge in [0.2, 0.25) is 0 Å². The summed E-state index contributed by atoms with van der Waals surface area (Å²) in [6.45, 7) is 2.73. The van der Waals surface area contributed by atoms with Crippen LogP contribution < -0.4 is 0 Å². The zero-order valence-electron chi connectivity index (χ0n) is 9.34. The number of nitrogens with zero attached hydrogens (tertiary/aromatic N) is 2. The Bertz CT molecular complexity index is 583. The molecule has 7 heteroatoms. The normalized spacial score (nSPS) is 21.1. The molecule has 2 heterocycles. The zero-order valence-corrected chi connectivity index (χ0v) is 10.9. The van der Waals surface area contributed by atoms with Crippen molar-refractivity contribution in [1.29, 1.82) is 0 Å². The third-order valence-electron chi connectivity index (χ3n) is 2.83. The predicted molar refractivity (Wildman–Crippen MR) is 62.8 cm³/mol. The first-order valence-corrected chi connectivity index (χ1v) is 6.76. The number of halogens is 1. The lowest BCUT2D eigenvalue weighted by Gasteiger charge is -2.43. The van der Waals surface area contributed by atoms with Gasteiger partial charge in [0, 0.05) is 11.8 Å². The van der Waals surface area contributed by atoms with E-state index in [9.17, 15) is 13.2 Å². The Morgan fingerprint density at radius 1 is 1.47 bits per heavy atom. The molecule has 2 rings (SSSR count). The fourth-order valence-electron chi connectivity index (χ4n) is 1.61. The molecular weight excluding hydrogens is 264 g/mol. The number of hydrogen-bond acceptors (Lipinski definition) is 4. The van der Waals surface area contributed by atoms with Crippen molar-refractivity contribution in [2.45, 2.75) is 25.1 Å². The van der Waals surface area contributed by atoms with E-state index in [-0.39, 0.29) is 11.7 Å². The molecule has 1 saturated heterocycles. The number of amides is 1. The van der Waals surface area contributed by atoms with Crippen molar-refractivity contribution in [2.75, 3.05) is 0 Å². The minimum absolute atomic E-state index is 0.0583. The van der Waals surface area contributed by atoms with E-state index in [0.29, 0.717) is 5.56 Å². The Labute approximate surface area is 104 Å². The average molecular weight is 275 g/mol. The van der Waals surface area contributed by atoms with Gasteiger partial charge in [0.1, 0.15) is 5.15 Å². The molecule has 1 aromatic rings. The highest BCUT2D eigenvalue weighted by atomic mass is 35.5. The molecule has 1 aliphatic heterocycles. The van der Waals surface area contributed by atoms with Gasteiger partial charge < -0.3 is 0 Å². The highest BCUT2D eigenvalue weighted by molar-refractivity contribution is 7.94. The Hall–Kier alpha value is -1.14. The number of sulfonamides is 1. The van der Waals surface area contributed by atoms with Crippen LogP contribution in [0.4, 0.5) is 0 Å². The molecule has 0 radical (unpaired) electrons. The molecule has 1 aliphatic rings. The summed E-state index contributed by atoms with van der Waals surface area (Å²) < 4.78 is 23.2. The molecule has 0 unspecified atom stereocenters. The van der Waals surface area contributed by atoms with Crippen LogP contribution >= 0.6 is 11.6 Å². The van der Waals surface area contributed by atoms with Crippen molar-refractivity contribution >= 4 is 27.5 Å². The Morgan fingerprint density at radius 2 is 2.12 bits per heavy atom. The lowest BCUT2D eigenvalue weighted by atomic mass is 10.1. The smallest absolute Gasteiger partial charge is 0.259 e. The van der Waals surface area contributed by atoms with E-state index in [1.807, 2.05) is 0 Å². The van der Waals surface area contributed by atoms with Crippen LogP contribution in [-0.2, 0) is 21.4 Å². The van der Waals surface area contributed by atoms with E-state index in [0.717, 1.165) is 4.31 Å². The van der Waals surface area contributed by atoms with Crippen LogP contribution in [0, 0.1) is 0 Å². The van der Waals surface area contributed by atoms with Crippen LogP contribution in [0.1, 0.15) is 19.4 Å². The molecular formula is C10H11ClN2O3S. The molecule has 0 bridgehead atoms. The van der Waals surface area contributed by atoms with Gasteiger partial charge in [0.15, 0.2) is 4.75 Å². The van der Waals surface area contributed by atoms with Crippen LogP contribution in [0.5, 0.6) is 0 Å². The lowest BCUT2D eigenvalue weighted by molar-refractivity contribution is -0.132. The van der Waals surface area contributed by atoms with Crippen molar-refractivity contribution in [2.24, 2.45) is 0 Å². The zero-order chi connectivity index (χ0) is 12.8. The molecule has 0 aromatic carbocycles. The van der Waals surface area contributed by atoms with Crippen LogP contribution in [-0.4, -0.2) is 28.4 Å². The molecule has 0 N–H and O–H groups in total. The van der Waals surface area contributed by atoms with Gasteiger partial charge in [0.25, 0.3) is 15.9 Å². The fraction of sp³-hybridized carbons (Fsp3) is 0.400. The third-order valence-corrected chi connectivity index (χ3v) is 5.51. The maximum absolute atomic E-state index is 11.8. The Morgan fingerprint density at radius 3 is 2.65 bits per heavy atom. The summed E-state index contributed by atoms with van der Waals surface area (Å²) in [5, 5.41) is 0.209. The third kappa shape index (κ3) is 1.63. The summed E-state index contributed by atoms with van der Waals surface area (Å²) in [5.74, 6) is -0.419. The molecule has 0 aliphatic carbocycles. The van der Waals surface area contributed by atoms with Gasteiger partial charge in [-0.3, -0.25) is 4.79 Å². The summed E-state index contributed by atoms with van der Waals surface area (Å²) in [6.07, 6.45) is 1.50. The minimum atomic E-state index is -3.57. The van der Waals surface area contributed by atoms with Gasteiger partial charge in [-0.15, -0.1) is 0 Å². The van der Waals surface area contributed by atoms with Crippen LogP contribution in [0.15, 0.2) is 18.3 Å². The number of carbonyl (C=O) groups is 1. The van der Waals surface area contributed by atoms with Crippen molar-refractivity contribution < 1.29 is 13.2 Å². The van der Waals surface area contributed by atoms with Gasteiger partial charge in [-0.05, 0) is 19.9 Å². The molecule has 0 saturated carbocycles. The topological polar surface area (TPSA) is 67.3 Å². The molecule has 1 aromatic heterocycles. The molecule has 17 heavy (non-hydrogen) atoms. The molecule has 0 spiro atoms. The maximum Gasteiger partial charge on any atom is 0.259 e. The molecule has 5 nitrogen and oxygen atoms in total. The molecule has 92 valence electrons. The van der Waals surface area contributed by atoms with Crippen LogP contribution in [0.2, 0.25) is 5.15 Å². The SMILES string of the molecule is CC1(C)C(=O)N(Cc2cccnc2Cl)S1(=O)=O. The first-order chi connectivity index (χ1) is 7.78. The number of pyridine rings is 1. The van der Waals surface area contributed by atoms with Gasteiger partial charge in [-0.2, -0.15) is 0 Å². The van der Waals surface area contributed by atoms with E-state index in [1.165, 1.54) is 20.0 Å². The first kappa shape index (κ1) is 12.3. The van der Waals surface area contributed by atoms with Gasteiger partial charge in [-0.1, -0.05) is 17.7 Å². The standard InChI is InChI=1S/C10H11ClN2O3S/c1-10(2)9(14)13(17(10,15)16)6-7-4-3-5-12-8(7)11/h3-5H,6H2,1-2H3. The highest BCUT2D eigenvalue weighted by Gasteiger charge is 2.59. The van der Waals surface area contributed by atoms with Crippen molar-refractivity contribution in [3.63, 3.8) is 0 Å². The van der Waals surface area contributed by atoms with Crippen LogP contribution in [0.25, 0.3) is 0 Å². The number of aromatic nitrogens is 1. The molecule has 0 atom stereocenters. The van der Waals surface area contributed by atoms with E-state index in [1.54, 1.807) is 12.1 Å². The van der Waals surface area contributed by atoms with Gasteiger partial charge in [-0.25, -0.2) is 17.7 Å². The number of rotatable bonds is 2. The summed E-state index contributed by atoms with van der Waals surface area (Å²) >= 11 is 5.82. The molecule has 1 amide bonds. The first-order valence-electron chi connectivity index (χ1n) is 4.94. The fourth-order valence-corrected chi connectivity index (χ4v) is 3.29. The van der Waals surface area contributed by atoms with Gasteiger partial charge in [0.05, 0.1) is 6.54 Å². The Kier molecular flexibility index (Phi) is 2.67. The van der Waals surface area contributed by atoms with E-state index >= 15 is 0 Å². The second kappa shape index (κ2) is 3.68. The summed E-state index contributed by atoms with van der Waals surface area (Å²) in [7, 11) is -3.57. The summed E-state index contributed by atoms with van der Waals surface area (Å²) in [6, 6.07) is 3.28. The highest BCUT2D eigenvalue weighted by Crippen LogP contribution is 2.36. The maximum atomic E-state index is 11.8.